The zero-order valence-electron chi connectivity index (χ0n) is 28.9. The summed E-state index contributed by atoms with van der Waals surface area (Å²) in [6.07, 6.45) is 26.7. The van der Waals surface area contributed by atoms with Crippen LogP contribution in [0.25, 0.3) is 0 Å². The molecule has 0 aromatic carbocycles. The topological polar surface area (TPSA) is 68.3 Å². The highest BCUT2D eigenvalue weighted by Crippen LogP contribution is 2.22. The summed E-state index contributed by atoms with van der Waals surface area (Å²) in [7, 11) is 5.62. The highest BCUT2D eigenvalue weighted by Gasteiger charge is 2.23. The second-order valence-corrected chi connectivity index (χ2v) is 13.0. The third kappa shape index (κ3) is 22.9. The molecule has 1 heterocycles. The zero-order valence-corrected chi connectivity index (χ0v) is 28.9. The van der Waals surface area contributed by atoms with Crippen LogP contribution in [0.4, 0.5) is 0 Å². The third-order valence-corrected chi connectivity index (χ3v) is 8.78. The lowest BCUT2D eigenvalue weighted by Gasteiger charge is -2.33. The van der Waals surface area contributed by atoms with E-state index in [1.807, 2.05) is 0 Å². The van der Waals surface area contributed by atoms with Gasteiger partial charge < -0.3 is 24.0 Å². The Balaban J connectivity index is 2.60. The van der Waals surface area contributed by atoms with E-state index in [-0.39, 0.29) is 12.3 Å². The van der Waals surface area contributed by atoms with E-state index in [4.69, 9.17) is 14.2 Å². The first-order chi connectivity index (χ1) is 21.0. The molecule has 0 aromatic heterocycles. The van der Waals surface area contributed by atoms with Crippen molar-refractivity contribution in [3.8, 4) is 0 Å². The molecule has 1 aliphatic heterocycles. The van der Waals surface area contributed by atoms with Crippen molar-refractivity contribution in [2.24, 2.45) is 0 Å². The Morgan fingerprint density at radius 1 is 0.744 bits per heavy atom. The molecule has 43 heavy (non-hydrogen) atoms. The quantitative estimate of drug-likeness (QED) is 0.0623. The molecule has 1 aliphatic rings. The second kappa shape index (κ2) is 28.3. The molecule has 0 saturated carbocycles. The van der Waals surface area contributed by atoms with E-state index >= 15 is 0 Å². The van der Waals surface area contributed by atoms with Gasteiger partial charge >= 0.3 is 5.97 Å². The fourth-order valence-electron chi connectivity index (χ4n) is 6.07. The first-order valence-electron chi connectivity index (χ1n) is 18.2. The molecule has 0 radical (unpaired) electrons. The Labute approximate surface area is 266 Å². The van der Waals surface area contributed by atoms with E-state index in [1.54, 1.807) is 0 Å². The van der Waals surface area contributed by atoms with Crippen molar-refractivity contribution in [3.63, 3.8) is 0 Å². The average Bonchev–Trinajstić information content (AvgIpc) is 3.00. The van der Waals surface area contributed by atoms with Gasteiger partial charge in [0.1, 0.15) is 0 Å². The maximum absolute atomic E-state index is 13.6. The van der Waals surface area contributed by atoms with Crippen molar-refractivity contribution in [1.29, 1.82) is 0 Å². The van der Waals surface area contributed by atoms with Crippen molar-refractivity contribution in [2.45, 2.75) is 173 Å². The van der Waals surface area contributed by atoms with E-state index in [0.29, 0.717) is 24.8 Å². The summed E-state index contributed by atoms with van der Waals surface area (Å²) in [6.45, 7) is 5.73. The van der Waals surface area contributed by atoms with Gasteiger partial charge in [0, 0.05) is 38.6 Å². The van der Waals surface area contributed by atoms with E-state index in [2.05, 4.69) is 30.8 Å². The molecule has 1 saturated heterocycles. The Hall–Kier alpha value is -1.18. The van der Waals surface area contributed by atoms with Gasteiger partial charge in [-0.2, -0.15) is 0 Å². The number of carbonyl (C=O) groups is 2. The highest BCUT2D eigenvalue weighted by molar-refractivity contribution is 5.76. The van der Waals surface area contributed by atoms with Crippen molar-refractivity contribution < 1.29 is 23.8 Å². The van der Waals surface area contributed by atoms with Crippen LogP contribution in [0.2, 0.25) is 0 Å². The van der Waals surface area contributed by atoms with Crippen LogP contribution in [0.5, 0.6) is 0 Å². The first-order valence-corrected chi connectivity index (χ1v) is 18.2. The number of hydrogen-bond donors (Lipinski definition) is 0. The summed E-state index contributed by atoms with van der Waals surface area (Å²) in [6, 6.07) is 0.355. The van der Waals surface area contributed by atoms with Gasteiger partial charge in [-0.15, -0.1) is 0 Å². The van der Waals surface area contributed by atoms with Crippen LogP contribution in [0.3, 0.4) is 0 Å². The van der Waals surface area contributed by atoms with Crippen molar-refractivity contribution in [3.05, 3.63) is 0 Å². The monoisotopic (exact) mass is 611 g/mol. The number of methoxy groups -OCH3 is 1. The lowest BCUT2D eigenvalue weighted by Crippen LogP contribution is -2.41. The molecule has 1 fully saturated rings. The molecule has 0 N–H and O–H groups in total. The molecule has 2 atom stereocenters. The summed E-state index contributed by atoms with van der Waals surface area (Å²) < 4.78 is 16.4. The van der Waals surface area contributed by atoms with Gasteiger partial charge in [0.15, 0.2) is 6.29 Å². The predicted molar refractivity (Wildman–Crippen MR) is 178 cm³/mol. The number of amides is 1. The molecule has 2 unspecified atom stereocenters. The molecule has 7 nitrogen and oxygen atoms in total. The van der Waals surface area contributed by atoms with Crippen LogP contribution in [-0.4, -0.2) is 81.5 Å². The fourth-order valence-corrected chi connectivity index (χ4v) is 6.07. The molecule has 1 amide bonds. The smallest absolute Gasteiger partial charge is 0.305 e. The van der Waals surface area contributed by atoms with Crippen molar-refractivity contribution in [2.75, 3.05) is 47.5 Å². The van der Waals surface area contributed by atoms with Crippen LogP contribution in [0.15, 0.2) is 0 Å². The second-order valence-electron chi connectivity index (χ2n) is 13.0. The molecule has 0 aliphatic carbocycles. The summed E-state index contributed by atoms with van der Waals surface area (Å²) in [4.78, 5) is 29.4. The first kappa shape index (κ1) is 39.8. The van der Waals surface area contributed by atoms with Gasteiger partial charge in [0.05, 0.1) is 7.11 Å². The number of carbonyl (C=O) groups excluding carboxylic acids is 2. The van der Waals surface area contributed by atoms with Gasteiger partial charge in [0.2, 0.25) is 5.91 Å². The van der Waals surface area contributed by atoms with Crippen LogP contribution in [0, 0.1) is 0 Å². The van der Waals surface area contributed by atoms with E-state index < -0.39 is 0 Å². The molecular formula is C36H70N2O5. The Morgan fingerprint density at radius 3 is 2.00 bits per heavy atom. The summed E-state index contributed by atoms with van der Waals surface area (Å²) >= 11 is 0. The zero-order chi connectivity index (χ0) is 31.4. The average molecular weight is 611 g/mol. The van der Waals surface area contributed by atoms with Gasteiger partial charge in [-0.3, -0.25) is 9.59 Å². The van der Waals surface area contributed by atoms with Crippen molar-refractivity contribution >= 4 is 11.9 Å². The number of ether oxygens (including phenoxy) is 3. The number of nitrogens with zero attached hydrogens (tertiary/aromatic N) is 2. The number of unbranched alkanes of at least 4 members (excludes halogenated alkanes) is 13. The van der Waals surface area contributed by atoms with Crippen LogP contribution in [-0.2, 0) is 23.8 Å². The van der Waals surface area contributed by atoms with E-state index in [9.17, 15) is 9.59 Å². The summed E-state index contributed by atoms with van der Waals surface area (Å²) in [5, 5.41) is 0. The van der Waals surface area contributed by atoms with Gasteiger partial charge in [-0.1, -0.05) is 90.4 Å². The molecule has 0 aromatic rings. The maximum atomic E-state index is 13.6. The SMILES string of the molecule is CCCCCCCCCC(CCCCCCOC1CCCCO1)N(CCCCCCCC(=O)OC)C(=O)CCCN(C)C. The number of esters is 1. The molecule has 1 rings (SSSR count). The molecule has 0 bridgehead atoms. The Kier molecular flexibility index (Phi) is 26.2. The third-order valence-electron chi connectivity index (χ3n) is 8.78. The van der Waals surface area contributed by atoms with Gasteiger partial charge in [-0.25, -0.2) is 0 Å². The highest BCUT2D eigenvalue weighted by atomic mass is 16.7. The van der Waals surface area contributed by atoms with Crippen LogP contribution < -0.4 is 0 Å². The minimum atomic E-state index is -0.117. The van der Waals surface area contributed by atoms with Gasteiger partial charge in [0.25, 0.3) is 0 Å². The maximum Gasteiger partial charge on any atom is 0.305 e. The lowest BCUT2D eigenvalue weighted by molar-refractivity contribution is -0.162. The number of hydrogen-bond acceptors (Lipinski definition) is 6. The van der Waals surface area contributed by atoms with E-state index in [0.717, 1.165) is 96.9 Å². The van der Waals surface area contributed by atoms with Crippen LogP contribution in [0.1, 0.15) is 161 Å². The van der Waals surface area contributed by atoms with Crippen LogP contribution >= 0.6 is 0 Å². The fraction of sp³-hybridized carbons (Fsp3) is 0.944. The van der Waals surface area contributed by atoms with E-state index in [1.165, 1.54) is 77.7 Å². The summed E-state index contributed by atoms with van der Waals surface area (Å²) in [5.41, 5.74) is 0. The van der Waals surface area contributed by atoms with Gasteiger partial charge in [-0.05, 0) is 78.4 Å². The number of rotatable bonds is 29. The Morgan fingerprint density at radius 2 is 1.37 bits per heavy atom. The molecule has 0 spiro atoms. The molecular weight excluding hydrogens is 540 g/mol. The lowest BCUT2D eigenvalue weighted by atomic mass is 9.98. The molecule has 7 heteroatoms. The normalized spacial score (nSPS) is 16.0. The largest absolute Gasteiger partial charge is 0.469 e. The molecule has 254 valence electrons. The predicted octanol–water partition coefficient (Wildman–Crippen LogP) is 8.67. The summed E-state index contributed by atoms with van der Waals surface area (Å²) in [5.74, 6) is 0.231. The minimum Gasteiger partial charge on any atom is -0.469 e. The standard InChI is InChI=1S/C36H70N2O5/c1-5-6-7-8-9-11-16-24-33(25-17-13-15-21-31-42-36-28-19-22-32-43-36)38(34(39)26-23-29-37(2)3)30-20-14-10-12-18-27-35(40)41-4/h33,36H,5-32H2,1-4H3. The minimum absolute atomic E-state index is 0.0139. The van der Waals surface area contributed by atoms with Crippen molar-refractivity contribution in [1.82, 2.24) is 9.80 Å². The Bertz CT molecular complexity index is 654.